The van der Waals surface area contributed by atoms with Crippen LogP contribution in [0.3, 0.4) is 0 Å². The first-order valence-corrected chi connectivity index (χ1v) is 9.06. The molecular weight excluding hydrogens is 390 g/mol. The Bertz CT molecular complexity index is 1370. The van der Waals surface area contributed by atoms with E-state index in [1.54, 1.807) is 64.6 Å². The summed E-state index contributed by atoms with van der Waals surface area (Å²) in [6.07, 6.45) is -1.09. The zero-order valence-corrected chi connectivity index (χ0v) is 16.8. The van der Waals surface area contributed by atoms with Gasteiger partial charge in [-0.25, -0.2) is 9.59 Å². The van der Waals surface area contributed by atoms with Crippen LogP contribution in [0.4, 0.5) is 9.59 Å². The summed E-state index contributed by atoms with van der Waals surface area (Å²) in [4.78, 5) is 41.9. The Labute approximate surface area is 170 Å². The SMILES string of the molecule is CN(C)C(=O)Oc1ccc2c(c1)[nH]c(=O)c1c3cccc(OC(=O)N(C)C)c3oc21. The Morgan fingerprint density at radius 2 is 1.60 bits per heavy atom. The van der Waals surface area contributed by atoms with Gasteiger partial charge in [-0.3, -0.25) is 4.79 Å². The maximum absolute atomic E-state index is 12.8. The molecular formula is C21H19N3O6. The van der Waals surface area contributed by atoms with Crippen molar-refractivity contribution < 1.29 is 23.5 Å². The van der Waals surface area contributed by atoms with Gasteiger partial charge in [0.1, 0.15) is 5.75 Å². The molecule has 2 aromatic carbocycles. The second-order valence-corrected chi connectivity index (χ2v) is 7.13. The molecule has 0 aliphatic rings. The lowest BCUT2D eigenvalue weighted by Crippen LogP contribution is -2.25. The molecule has 154 valence electrons. The van der Waals surface area contributed by atoms with E-state index in [0.29, 0.717) is 32.8 Å². The van der Waals surface area contributed by atoms with Crippen LogP contribution in [0.2, 0.25) is 0 Å². The molecule has 2 aromatic heterocycles. The number of rotatable bonds is 2. The number of para-hydroxylation sites is 1. The van der Waals surface area contributed by atoms with Gasteiger partial charge in [0.25, 0.3) is 5.56 Å². The Morgan fingerprint density at radius 1 is 0.900 bits per heavy atom. The summed E-state index contributed by atoms with van der Waals surface area (Å²) in [5.41, 5.74) is 0.720. The summed E-state index contributed by atoms with van der Waals surface area (Å²) >= 11 is 0. The lowest BCUT2D eigenvalue weighted by atomic mass is 10.1. The number of pyridine rings is 1. The van der Waals surface area contributed by atoms with Gasteiger partial charge in [-0.1, -0.05) is 12.1 Å². The molecule has 2 heterocycles. The van der Waals surface area contributed by atoms with Crippen LogP contribution in [0.1, 0.15) is 0 Å². The van der Waals surface area contributed by atoms with E-state index >= 15 is 0 Å². The Balaban J connectivity index is 1.90. The summed E-state index contributed by atoms with van der Waals surface area (Å²) in [6.45, 7) is 0. The van der Waals surface area contributed by atoms with Gasteiger partial charge in [-0.05, 0) is 18.2 Å². The predicted molar refractivity (Wildman–Crippen MR) is 111 cm³/mol. The molecule has 2 amide bonds. The number of amides is 2. The summed E-state index contributed by atoms with van der Waals surface area (Å²) in [5, 5.41) is 1.49. The van der Waals surface area contributed by atoms with Gasteiger partial charge >= 0.3 is 12.2 Å². The summed E-state index contributed by atoms with van der Waals surface area (Å²) in [5.74, 6) is 0.499. The molecule has 9 nitrogen and oxygen atoms in total. The van der Waals surface area contributed by atoms with Crippen molar-refractivity contribution >= 4 is 45.0 Å². The fourth-order valence-electron chi connectivity index (χ4n) is 3.04. The molecule has 0 unspecified atom stereocenters. The van der Waals surface area contributed by atoms with Crippen molar-refractivity contribution in [2.45, 2.75) is 0 Å². The minimum atomic E-state index is -0.561. The summed E-state index contributed by atoms with van der Waals surface area (Å²) in [7, 11) is 6.29. The molecule has 1 N–H and O–H groups in total. The van der Waals surface area contributed by atoms with E-state index in [4.69, 9.17) is 13.9 Å². The lowest BCUT2D eigenvalue weighted by Gasteiger charge is -2.11. The maximum Gasteiger partial charge on any atom is 0.414 e. The number of hydrogen-bond acceptors (Lipinski definition) is 6. The van der Waals surface area contributed by atoms with Crippen LogP contribution in [-0.2, 0) is 0 Å². The predicted octanol–water partition coefficient (Wildman–Crippen LogP) is 3.55. The van der Waals surface area contributed by atoms with Crippen molar-refractivity contribution in [3.05, 3.63) is 46.8 Å². The van der Waals surface area contributed by atoms with E-state index in [2.05, 4.69) is 4.98 Å². The second kappa shape index (κ2) is 7.11. The quantitative estimate of drug-likeness (QED) is 0.543. The highest BCUT2D eigenvalue weighted by Crippen LogP contribution is 2.36. The number of nitrogens with zero attached hydrogens (tertiary/aromatic N) is 2. The third-order valence-electron chi connectivity index (χ3n) is 4.52. The average molecular weight is 409 g/mol. The monoisotopic (exact) mass is 409 g/mol. The lowest BCUT2D eigenvalue weighted by molar-refractivity contribution is 0.171. The maximum atomic E-state index is 12.8. The minimum absolute atomic E-state index is 0.214. The van der Waals surface area contributed by atoms with Crippen LogP contribution in [0, 0.1) is 0 Å². The number of benzene rings is 2. The first-order valence-electron chi connectivity index (χ1n) is 9.06. The number of fused-ring (bicyclic) bond motifs is 5. The Kier molecular flexibility index (Phi) is 4.57. The first-order chi connectivity index (χ1) is 14.3. The molecule has 30 heavy (non-hydrogen) atoms. The Hall–Kier alpha value is -4.01. The average Bonchev–Trinajstić information content (AvgIpc) is 3.09. The molecule has 0 fully saturated rings. The Morgan fingerprint density at radius 3 is 2.30 bits per heavy atom. The number of aromatic nitrogens is 1. The van der Waals surface area contributed by atoms with E-state index in [1.807, 2.05) is 0 Å². The number of nitrogens with one attached hydrogen (secondary N) is 1. The van der Waals surface area contributed by atoms with Crippen molar-refractivity contribution in [1.29, 1.82) is 0 Å². The molecule has 0 radical (unpaired) electrons. The molecule has 0 atom stereocenters. The van der Waals surface area contributed by atoms with Crippen LogP contribution < -0.4 is 15.0 Å². The van der Waals surface area contributed by atoms with Gasteiger partial charge in [0.2, 0.25) is 0 Å². The fraction of sp³-hybridized carbons (Fsp3) is 0.190. The topological polar surface area (TPSA) is 105 Å². The second-order valence-electron chi connectivity index (χ2n) is 7.13. The van der Waals surface area contributed by atoms with Gasteiger partial charge in [0, 0.05) is 45.0 Å². The smallest absolute Gasteiger partial charge is 0.414 e. The molecule has 0 saturated heterocycles. The number of aromatic amines is 1. The van der Waals surface area contributed by atoms with E-state index < -0.39 is 12.2 Å². The molecule has 4 aromatic rings. The van der Waals surface area contributed by atoms with Crippen molar-refractivity contribution in [2.75, 3.05) is 28.2 Å². The van der Waals surface area contributed by atoms with Gasteiger partial charge in [-0.2, -0.15) is 0 Å². The zero-order chi connectivity index (χ0) is 21.6. The zero-order valence-electron chi connectivity index (χ0n) is 16.8. The number of carbonyl (C=O) groups is 2. The molecule has 4 rings (SSSR count). The first kappa shape index (κ1) is 19.3. The normalized spacial score (nSPS) is 11.1. The van der Waals surface area contributed by atoms with Crippen LogP contribution >= 0.6 is 0 Å². The molecule has 0 spiro atoms. The number of ether oxygens (including phenoxy) is 2. The fourth-order valence-corrected chi connectivity index (χ4v) is 3.04. The summed E-state index contributed by atoms with van der Waals surface area (Å²) in [6, 6.07) is 9.87. The standard InChI is InChI=1S/C21H19N3O6/c1-23(2)20(26)28-11-8-9-12-14(10-11)22-19(25)16-13-6-5-7-15(17(13)30-18(12)16)29-21(27)24(3)4/h5-10H,1-4H3,(H,22,25). The molecule has 0 aliphatic carbocycles. The summed E-state index contributed by atoms with van der Waals surface area (Å²) < 4.78 is 16.6. The molecule has 9 heteroatoms. The van der Waals surface area contributed by atoms with Crippen LogP contribution in [0.5, 0.6) is 11.5 Å². The van der Waals surface area contributed by atoms with Gasteiger partial charge in [-0.15, -0.1) is 0 Å². The van der Waals surface area contributed by atoms with Crippen LogP contribution in [0.25, 0.3) is 32.8 Å². The minimum Gasteiger partial charge on any atom is -0.451 e. The number of furan rings is 1. The van der Waals surface area contributed by atoms with E-state index in [1.165, 1.54) is 9.80 Å². The highest BCUT2D eigenvalue weighted by atomic mass is 16.6. The third-order valence-corrected chi connectivity index (χ3v) is 4.52. The van der Waals surface area contributed by atoms with Crippen molar-refractivity contribution in [3.63, 3.8) is 0 Å². The van der Waals surface area contributed by atoms with E-state index in [-0.39, 0.29) is 17.1 Å². The van der Waals surface area contributed by atoms with Gasteiger partial charge in [0.15, 0.2) is 16.9 Å². The molecule has 0 bridgehead atoms. The van der Waals surface area contributed by atoms with Crippen LogP contribution in [0.15, 0.2) is 45.6 Å². The number of carbonyl (C=O) groups excluding carboxylic acids is 2. The number of H-pyrrole nitrogens is 1. The van der Waals surface area contributed by atoms with Crippen LogP contribution in [-0.4, -0.2) is 55.2 Å². The highest BCUT2D eigenvalue weighted by Gasteiger charge is 2.19. The third kappa shape index (κ3) is 3.20. The van der Waals surface area contributed by atoms with E-state index in [9.17, 15) is 14.4 Å². The highest BCUT2D eigenvalue weighted by molar-refractivity contribution is 6.14. The van der Waals surface area contributed by atoms with Gasteiger partial charge in [0.05, 0.1) is 10.9 Å². The molecule has 0 aliphatic heterocycles. The van der Waals surface area contributed by atoms with Crippen molar-refractivity contribution in [2.24, 2.45) is 0 Å². The number of hydrogen-bond donors (Lipinski definition) is 1. The van der Waals surface area contributed by atoms with E-state index in [0.717, 1.165) is 0 Å². The van der Waals surface area contributed by atoms with Crippen molar-refractivity contribution in [1.82, 2.24) is 14.8 Å². The van der Waals surface area contributed by atoms with Crippen molar-refractivity contribution in [3.8, 4) is 11.5 Å². The van der Waals surface area contributed by atoms with Gasteiger partial charge < -0.3 is 28.7 Å². The largest absolute Gasteiger partial charge is 0.451 e. The molecule has 0 saturated carbocycles.